The molecule has 0 saturated heterocycles. The number of hydrogen-bond acceptors (Lipinski definition) is 2. The van der Waals surface area contributed by atoms with Gasteiger partial charge in [-0.25, -0.2) is 4.39 Å². The third kappa shape index (κ3) is 2.45. The van der Waals surface area contributed by atoms with Gasteiger partial charge in [0.1, 0.15) is 5.82 Å². The van der Waals surface area contributed by atoms with E-state index >= 15 is 0 Å². The molecule has 1 aromatic rings. The molecule has 2 nitrogen and oxygen atoms in total. The van der Waals surface area contributed by atoms with Crippen LogP contribution in [0.2, 0.25) is 0 Å². The summed E-state index contributed by atoms with van der Waals surface area (Å²) in [6, 6.07) is 1.91. The quantitative estimate of drug-likeness (QED) is 0.458. The van der Waals surface area contributed by atoms with Crippen LogP contribution in [0.3, 0.4) is 0 Å². The molecule has 1 rings (SSSR count). The van der Waals surface area contributed by atoms with E-state index < -0.39 is 29.2 Å². The van der Waals surface area contributed by atoms with Crippen molar-refractivity contribution < 1.29 is 17.6 Å². The maximum Gasteiger partial charge on any atom is 0.416 e. The highest BCUT2D eigenvalue weighted by atomic mass is 19.4. The first-order valence-electron chi connectivity index (χ1n) is 4.19. The second-order valence-corrected chi connectivity index (χ2v) is 3.09. The Morgan fingerprint density at radius 1 is 1.33 bits per heavy atom. The number of alkyl halides is 3. The molecule has 0 bridgehead atoms. The van der Waals surface area contributed by atoms with Gasteiger partial charge in [-0.15, -0.1) is 0 Å². The molecule has 0 fully saturated rings. The number of halogens is 4. The Morgan fingerprint density at radius 2 is 1.93 bits per heavy atom. The molecule has 0 aliphatic carbocycles. The number of benzene rings is 1. The van der Waals surface area contributed by atoms with Crippen molar-refractivity contribution in [2.75, 3.05) is 0 Å². The maximum atomic E-state index is 13.2. The summed E-state index contributed by atoms with van der Waals surface area (Å²) in [6.07, 6.45) is -4.58. The van der Waals surface area contributed by atoms with Crippen molar-refractivity contribution >= 4 is 0 Å². The fraction of sp³-hybridized carbons (Fsp3) is 0.333. The normalized spacial score (nSPS) is 14.0. The van der Waals surface area contributed by atoms with E-state index in [2.05, 4.69) is 5.43 Å². The lowest BCUT2D eigenvalue weighted by molar-refractivity contribution is -0.138. The van der Waals surface area contributed by atoms with Gasteiger partial charge in [0, 0.05) is 11.6 Å². The molecule has 15 heavy (non-hydrogen) atoms. The molecule has 0 aliphatic rings. The highest BCUT2D eigenvalue weighted by Gasteiger charge is 2.35. The van der Waals surface area contributed by atoms with Gasteiger partial charge in [0.2, 0.25) is 0 Å². The van der Waals surface area contributed by atoms with Crippen LogP contribution >= 0.6 is 0 Å². The summed E-state index contributed by atoms with van der Waals surface area (Å²) in [5.74, 6) is 4.08. The Kier molecular flexibility index (Phi) is 3.31. The minimum atomic E-state index is -4.58. The molecule has 0 aromatic heterocycles. The Hall–Kier alpha value is -1.14. The highest BCUT2D eigenvalue weighted by Crippen LogP contribution is 2.35. The van der Waals surface area contributed by atoms with E-state index in [1.165, 1.54) is 6.92 Å². The van der Waals surface area contributed by atoms with Gasteiger partial charge < -0.3 is 0 Å². The largest absolute Gasteiger partial charge is 0.416 e. The van der Waals surface area contributed by atoms with Gasteiger partial charge >= 0.3 is 6.18 Å². The lowest BCUT2D eigenvalue weighted by Crippen LogP contribution is -2.28. The average molecular weight is 222 g/mol. The molecule has 0 spiro atoms. The number of nitrogens with two attached hydrogens (primary N) is 1. The predicted octanol–water partition coefficient (Wildman–Crippen LogP) is 2.37. The van der Waals surface area contributed by atoms with E-state index in [9.17, 15) is 17.6 Å². The summed E-state index contributed by atoms with van der Waals surface area (Å²) in [5.41, 5.74) is 0.623. The van der Waals surface area contributed by atoms with E-state index in [0.29, 0.717) is 0 Å². The summed E-state index contributed by atoms with van der Waals surface area (Å²) in [4.78, 5) is 0. The standard InChI is InChI=1S/C9H10F4N2/c1-5(15-14)8-6(9(11,12)13)3-2-4-7(8)10/h2-5,15H,14H2,1H3/t5-/m0/s1. The highest BCUT2D eigenvalue weighted by molar-refractivity contribution is 5.33. The lowest BCUT2D eigenvalue weighted by Gasteiger charge is -2.18. The van der Waals surface area contributed by atoms with Crippen LogP contribution in [0.5, 0.6) is 0 Å². The number of hydrazine groups is 1. The molecule has 0 saturated carbocycles. The third-order valence-electron chi connectivity index (χ3n) is 2.04. The molecule has 0 unspecified atom stereocenters. The average Bonchev–Trinajstić information content (AvgIpc) is 2.15. The van der Waals surface area contributed by atoms with Crippen molar-refractivity contribution in [3.05, 3.63) is 35.1 Å². The van der Waals surface area contributed by atoms with Gasteiger partial charge in [0.05, 0.1) is 5.56 Å². The van der Waals surface area contributed by atoms with Crippen molar-refractivity contribution in [2.45, 2.75) is 19.1 Å². The van der Waals surface area contributed by atoms with Crippen LogP contribution in [-0.2, 0) is 6.18 Å². The molecule has 1 atom stereocenters. The van der Waals surface area contributed by atoms with Crippen molar-refractivity contribution in [2.24, 2.45) is 5.84 Å². The molecule has 6 heteroatoms. The summed E-state index contributed by atoms with van der Waals surface area (Å²) >= 11 is 0. The van der Waals surface area contributed by atoms with Crippen molar-refractivity contribution in [1.29, 1.82) is 0 Å². The molecule has 84 valence electrons. The smallest absolute Gasteiger partial charge is 0.271 e. The second kappa shape index (κ2) is 4.16. The molecule has 0 amide bonds. The van der Waals surface area contributed by atoms with E-state index in [-0.39, 0.29) is 0 Å². The minimum absolute atomic E-state index is 0.465. The second-order valence-electron chi connectivity index (χ2n) is 3.09. The number of rotatable bonds is 2. The number of nitrogens with one attached hydrogen (secondary N) is 1. The van der Waals surface area contributed by atoms with Gasteiger partial charge in [0.25, 0.3) is 0 Å². The van der Waals surface area contributed by atoms with Crippen LogP contribution in [0, 0.1) is 5.82 Å². The molecule has 0 aliphatic heterocycles. The molecule has 0 radical (unpaired) electrons. The van der Waals surface area contributed by atoms with Crippen molar-refractivity contribution in [3.63, 3.8) is 0 Å². The zero-order chi connectivity index (χ0) is 11.6. The summed E-state index contributed by atoms with van der Waals surface area (Å²) in [7, 11) is 0. The van der Waals surface area contributed by atoms with Crippen molar-refractivity contribution in [3.8, 4) is 0 Å². The topological polar surface area (TPSA) is 38.0 Å². The molecular formula is C9H10F4N2. The molecular weight excluding hydrogens is 212 g/mol. The van der Waals surface area contributed by atoms with Gasteiger partial charge in [-0.05, 0) is 19.1 Å². The summed E-state index contributed by atoms with van der Waals surface area (Å²) < 4.78 is 50.7. The summed E-state index contributed by atoms with van der Waals surface area (Å²) in [6.45, 7) is 1.35. The van der Waals surface area contributed by atoms with Crippen LogP contribution in [0.1, 0.15) is 24.1 Å². The fourth-order valence-electron chi connectivity index (χ4n) is 1.31. The van der Waals surface area contributed by atoms with E-state index in [4.69, 9.17) is 5.84 Å². The number of hydrogen-bond donors (Lipinski definition) is 2. The predicted molar refractivity (Wildman–Crippen MR) is 47.1 cm³/mol. The first-order chi connectivity index (χ1) is 6.88. The third-order valence-corrected chi connectivity index (χ3v) is 2.04. The van der Waals surface area contributed by atoms with Crippen LogP contribution in [0.25, 0.3) is 0 Å². The maximum absolute atomic E-state index is 13.2. The first kappa shape index (κ1) is 11.9. The minimum Gasteiger partial charge on any atom is -0.271 e. The van der Waals surface area contributed by atoms with E-state index in [1.807, 2.05) is 0 Å². The van der Waals surface area contributed by atoms with E-state index in [0.717, 1.165) is 18.2 Å². The zero-order valence-electron chi connectivity index (χ0n) is 7.90. The van der Waals surface area contributed by atoms with Gasteiger partial charge in [-0.1, -0.05) is 6.07 Å². The van der Waals surface area contributed by atoms with E-state index in [1.54, 1.807) is 0 Å². The zero-order valence-corrected chi connectivity index (χ0v) is 7.90. The molecule has 1 aromatic carbocycles. The Balaban J connectivity index is 3.33. The van der Waals surface area contributed by atoms with Gasteiger partial charge in [-0.2, -0.15) is 13.2 Å². The van der Waals surface area contributed by atoms with Crippen LogP contribution in [-0.4, -0.2) is 0 Å². The Labute approximate surface area is 84.0 Å². The van der Waals surface area contributed by atoms with Gasteiger partial charge in [0.15, 0.2) is 0 Å². The monoisotopic (exact) mass is 222 g/mol. The van der Waals surface area contributed by atoms with Crippen molar-refractivity contribution in [1.82, 2.24) is 5.43 Å². The molecule has 3 N–H and O–H groups in total. The fourth-order valence-corrected chi connectivity index (χ4v) is 1.31. The molecule has 0 heterocycles. The summed E-state index contributed by atoms with van der Waals surface area (Å²) in [5, 5.41) is 0. The SMILES string of the molecule is C[C@H](NN)c1c(F)cccc1C(F)(F)F. The Bertz CT molecular complexity index is 348. The first-order valence-corrected chi connectivity index (χ1v) is 4.19. The van der Waals surface area contributed by atoms with Crippen LogP contribution < -0.4 is 11.3 Å². The van der Waals surface area contributed by atoms with Crippen LogP contribution in [0.15, 0.2) is 18.2 Å². The Morgan fingerprint density at radius 3 is 2.40 bits per heavy atom. The lowest BCUT2D eigenvalue weighted by atomic mass is 10.0. The van der Waals surface area contributed by atoms with Crippen LogP contribution in [0.4, 0.5) is 17.6 Å². The van der Waals surface area contributed by atoms with Gasteiger partial charge in [-0.3, -0.25) is 11.3 Å².